The zero-order valence-electron chi connectivity index (χ0n) is 14.3. The smallest absolute Gasteiger partial charge is 0.352 e. The van der Waals surface area contributed by atoms with Gasteiger partial charge in [-0.15, -0.1) is 0 Å². The Hall–Kier alpha value is -3.29. The normalized spacial score (nSPS) is 10.9. The number of ether oxygens (including phenoxy) is 2. The van der Waals surface area contributed by atoms with E-state index in [0.29, 0.717) is 29.1 Å². The molecule has 136 valence electrons. The van der Waals surface area contributed by atoms with Crippen LogP contribution in [0.4, 0.5) is 4.39 Å². The summed E-state index contributed by atoms with van der Waals surface area (Å²) in [4.78, 5) is 16.5. The lowest BCUT2D eigenvalue weighted by atomic mass is 10.2. The van der Waals surface area contributed by atoms with E-state index in [9.17, 15) is 9.18 Å². The van der Waals surface area contributed by atoms with E-state index in [1.807, 2.05) is 6.92 Å². The fourth-order valence-corrected chi connectivity index (χ4v) is 2.58. The van der Waals surface area contributed by atoms with E-state index in [1.54, 1.807) is 13.1 Å². The molecule has 0 amide bonds. The summed E-state index contributed by atoms with van der Waals surface area (Å²) in [5, 5.41) is 17.2. The first kappa shape index (κ1) is 17.5. The highest BCUT2D eigenvalue weighted by atomic mass is 19.1. The molecular formula is C18H18FN3O4. The highest BCUT2D eigenvalue weighted by Gasteiger charge is 2.18. The molecule has 3 rings (SSSR count). The molecule has 3 aromatic rings. The van der Waals surface area contributed by atoms with Gasteiger partial charge in [0.25, 0.3) is 0 Å². The Bertz CT molecular complexity index is 990. The third kappa shape index (κ3) is 3.13. The molecule has 4 N–H and O–H groups in total. The van der Waals surface area contributed by atoms with Crippen LogP contribution in [-0.4, -0.2) is 33.5 Å². The van der Waals surface area contributed by atoms with Crippen LogP contribution < -0.4 is 9.47 Å². The quantitative estimate of drug-likeness (QED) is 0.396. The van der Waals surface area contributed by atoms with Gasteiger partial charge in [0.2, 0.25) is 5.90 Å². The van der Waals surface area contributed by atoms with Crippen molar-refractivity contribution in [2.24, 2.45) is 0 Å². The number of H-pyrrole nitrogens is 2. The van der Waals surface area contributed by atoms with Crippen molar-refractivity contribution in [2.75, 3.05) is 6.61 Å². The number of halogens is 1. The van der Waals surface area contributed by atoms with Gasteiger partial charge < -0.3 is 24.5 Å². The fourth-order valence-electron chi connectivity index (χ4n) is 2.58. The van der Waals surface area contributed by atoms with Crippen molar-refractivity contribution in [2.45, 2.75) is 20.3 Å². The van der Waals surface area contributed by atoms with E-state index < -0.39 is 11.8 Å². The van der Waals surface area contributed by atoms with Gasteiger partial charge in [-0.05, 0) is 31.5 Å². The van der Waals surface area contributed by atoms with Crippen molar-refractivity contribution in [1.29, 1.82) is 5.41 Å². The highest BCUT2D eigenvalue weighted by Crippen LogP contribution is 2.29. The molecule has 2 aromatic heterocycles. The molecule has 0 aliphatic rings. The maximum Gasteiger partial charge on any atom is 0.352 e. The Labute approximate surface area is 148 Å². The minimum absolute atomic E-state index is 0.0860. The average molecular weight is 359 g/mol. The maximum absolute atomic E-state index is 14.6. The second-order valence-corrected chi connectivity index (χ2v) is 5.76. The molecule has 0 aliphatic carbocycles. The summed E-state index contributed by atoms with van der Waals surface area (Å²) >= 11 is 0. The van der Waals surface area contributed by atoms with Gasteiger partial charge in [-0.25, -0.2) is 9.18 Å². The summed E-state index contributed by atoms with van der Waals surface area (Å²) in [6.07, 6.45) is 2.48. The van der Waals surface area contributed by atoms with Crippen LogP contribution >= 0.6 is 0 Å². The molecule has 0 unspecified atom stereocenters. The monoisotopic (exact) mass is 359 g/mol. The number of rotatable bonds is 6. The lowest BCUT2D eigenvalue weighted by Crippen LogP contribution is -2.11. The summed E-state index contributed by atoms with van der Waals surface area (Å²) < 4.78 is 25.5. The summed E-state index contributed by atoms with van der Waals surface area (Å²) in [5.74, 6) is -1.73. The van der Waals surface area contributed by atoms with Crippen LogP contribution in [0.5, 0.6) is 11.5 Å². The molecule has 0 spiro atoms. The number of fused-ring (bicyclic) bond motifs is 1. The Morgan fingerprint density at radius 3 is 2.81 bits per heavy atom. The second-order valence-electron chi connectivity index (χ2n) is 5.76. The highest BCUT2D eigenvalue weighted by molar-refractivity contribution is 5.96. The fraction of sp³-hybridized carbons (Fsp3) is 0.222. The third-order valence-corrected chi connectivity index (χ3v) is 3.93. The van der Waals surface area contributed by atoms with Crippen LogP contribution in [-0.2, 0) is 0 Å². The summed E-state index contributed by atoms with van der Waals surface area (Å²) in [5.41, 5.74) is 1.30. The molecule has 0 saturated carbocycles. The van der Waals surface area contributed by atoms with Crippen LogP contribution in [0.3, 0.4) is 0 Å². The van der Waals surface area contributed by atoms with Crippen LogP contribution in [0.25, 0.3) is 10.9 Å². The van der Waals surface area contributed by atoms with Gasteiger partial charge in [-0.1, -0.05) is 6.92 Å². The van der Waals surface area contributed by atoms with Crippen molar-refractivity contribution < 1.29 is 23.8 Å². The number of aromatic nitrogens is 2. The molecule has 1 aromatic carbocycles. The van der Waals surface area contributed by atoms with Gasteiger partial charge in [0.05, 0.1) is 6.61 Å². The number of aromatic amines is 2. The average Bonchev–Trinajstić information content (AvgIpc) is 3.20. The number of carboxylic acid groups (broad SMARTS) is 1. The maximum atomic E-state index is 14.6. The summed E-state index contributed by atoms with van der Waals surface area (Å²) in [7, 11) is 0. The van der Waals surface area contributed by atoms with E-state index in [4.69, 9.17) is 20.0 Å². The van der Waals surface area contributed by atoms with E-state index in [0.717, 1.165) is 6.42 Å². The first-order chi connectivity index (χ1) is 12.4. The Kier molecular flexibility index (Phi) is 4.66. The van der Waals surface area contributed by atoms with Crippen LogP contribution in [0, 0.1) is 18.2 Å². The summed E-state index contributed by atoms with van der Waals surface area (Å²) in [6.45, 7) is 4.32. The number of benzene rings is 1. The van der Waals surface area contributed by atoms with Gasteiger partial charge >= 0.3 is 5.97 Å². The Morgan fingerprint density at radius 1 is 1.35 bits per heavy atom. The van der Waals surface area contributed by atoms with E-state index >= 15 is 0 Å². The van der Waals surface area contributed by atoms with Crippen molar-refractivity contribution in [1.82, 2.24) is 9.97 Å². The predicted molar refractivity (Wildman–Crippen MR) is 94.0 cm³/mol. The Morgan fingerprint density at radius 2 is 2.12 bits per heavy atom. The van der Waals surface area contributed by atoms with Crippen LogP contribution in [0.1, 0.15) is 35.1 Å². The van der Waals surface area contributed by atoms with Crippen molar-refractivity contribution in [3.8, 4) is 11.5 Å². The molecule has 0 atom stereocenters. The van der Waals surface area contributed by atoms with Crippen molar-refractivity contribution >= 4 is 22.8 Å². The molecule has 7 nitrogen and oxygen atoms in total. The molecule has 0 saturated heterocycles. The molecule has 0 bridgehead atoms. The van der Waals surface area contributed by atoms with E-state index in [1.165, 1.54) is 18.2 Å². The standard InChI is InChI=1S/C18H18FN3O4/c1-3-6-25-14-8-21-16(9(14)2)17(20)26-13-5-4-11-10(15(13)19)7-12(22-11)18(23)24/h4-5,7-8,20-22H,3,6H2,1-2H3,(H,23,24). The lowest BCUT2D eigenvalue weighted by molar-refractivity contribution is 0.0691. The number of carboxylic acids is 1. The number of carbonyl (C=O) groups is 1. The molecule has 8 heteroatoms. The molecular weight excluding hydrogens is 341 g/mol. The third-order valence-electron chi connectivity index (χ3n) is 3.93. The van der Waals surface area contributed by atoms with E-state index in [2.05, 4.69) is 9.97 Å². The lowest BCUT2D eigenvalue weighted by Gasteiger charge is -2.09. The molecule has 0 fully saturated rings. The summed E-state index contributed by atoms with van der Waals surface area (Å²) in [6, 6.07) is 4.05. The predicted octanol–water partition coefficient (Wildman–Crippen LogP) is 3.83. The van der Waals surface area contributed by atoms with E-state index in [-0.39, 0.29) is 22.7 Å². The van der Waals surface area contributed by atoms with Gasteiger partial charge in [-0.2, -0.15) is 0 Å². The minimum atomic E-state index is -1.18. The topological polar surface area (TPSA) is 111 Å². The van der Waals surface area contributed by atoms with Gasteiger partial charge in [0.1, 0.15) is 17.1 Å². The number of nitrogens with one attached hydrogen (secondary N) is 3. The van der Waals surface area contributed by atoms with Crippen LogP contribution in [0.15, 0.2) is 24.4 Å². The minimum Gasteiger partial charge on any atom is -0.492 e. The number of aromatic carboxylic acids is 1. The largest absolute Gasteiger partial charge is 0.492 e. The Balaban J connectivity index is 1.86. The molecule has 26 heavy (non-hydrogen) atoms. The van der Waals surface area contributed by atoms with Crippen LogP contribution in [0.2, 0.25) is 0 Å². The zero-order valence-corrected chi connectivity index (χ0v) is 14.3. The molecule has 0 aliphatic heterocycles. The van der Waals surface area contributed by atoms with Gasteiger partial charge in [0.15, 0.2) is 11.6 Å². The first-order valence-electron chi connectivity index (χ1n) is 8.04. The second kappa shape index (κ2) is 6.91. The number of hydrogen-bond donors (Lipinski definition) is 4. The van der Waals surface area contributed by atoms with Crippen molar-refractivity contribution in [3.63, 3.8) is 0 Å². The zero-order chi connectivity index (χ0) is 18.8. The SMILES string of the molecule is CCCOc1c[nH]c(C(=N)Oc2ccc3[nH]c(C(=O)O)cc3c2F)c1C. The van der Waals surface area contributed by atoms with Gasteiger partial charge in [0, 0.05) is 22.7 Å². The first-order valence-corrected chi connectivity index (χ1v) is 8.04. The molecule has 0 radical (unpaired) electrons. The number of hydrogen-bond acceptors (Lipinski definition) is 4. The van der Waals surface area contributed by atoms with Gasteiger partial charge in [-0.3, -0.25) is 5.41 Å². The molecule has 2 heterocycles. The van der Waals surface area contributed by atoms with Crippen molar-refractivity contribution in [3.05, 3.63) is 47.2 Å².